The summed E-state index contributed by atoms with van der Waals surface area (Å²) in [6.07, 6.45) is 0. The smallest absolute Gasteiger partial charge is 0.270 e. The second-order valence-electron chi connectivity index (χ2n) is 5.08. The van der Waals surface area contributed by atoms with Crippen LogP contribution in [0.4, 0.5) is 11.4 Å². The van der Waals surface area contributed by atoms with Gasteiger partial charge >= 0.3 is 0 Å². The molecular formula is C15H16N2O4S. The van der Waals surface area contributed by atoms with Gasteiger partial charge in [-0.25, -0.2) is 8.42 Å². The van der Waals surface area contributed by atoms with Gasteiger partial charge in [0.15, 0.2) is 0 Å². The van der Waals surface area contributed by atoms with E-state index in [1.54, 1.807) is 32.9 Å². The maximum Gasteiger partial charge on any atom is 0.270 e. The van der Waals surface area contributed by atoms with E-state index < -0.39 is 14.9 Å². The van der Waals surface area contributed by atoms with Crippen molar-refractivity contribution in [1.29, 1.82) is 0 Å². The van der Waals surface area contributed by atoms with E-state index in [4.69, 9.17) is 0 Å². The summed E-state index contributed by atoms with van der Waals surface area (Å²) in [6.45, 7) is 5.19. The van der Waals surface area contributed by atoms with Gasteiger partial charge < -0.3 is 0 Å². The number of rotatable bonds is 4. The van der Waals surface area contributed by atoms with Crippen LogP contribution in [0.3, 0.4) is 0 Å². The van der Waals surface area contributed by atoms with E-state index in [1.165, 1.54) is 12.1 Å². The number of nitro benzene ring substituents is 1. The predicted octanol–water partition coefficient (Wildman–Crippen LogP) is 3.32. The molecule has 7 heteroatoms. The molecule has 22 heavy (non-hydrogen) atoms. The van der Waals surface area contributed by atoms with Crippen LogP contribution in [0.15, 0.2) is 41.3 Å². The molecule has 0 bridgehead atoms. The monoisotopic (exact) mass is 320 g/mol. The average molecular weight is 320 g/mol. The van der Waals surface area contributed by atoms with Gasteiger partial charge in [-0.05, 0) is 37.5 Å². The standard InChI is InChI=1S/C15H16N2O4S/c1-10-7-8-13(17(18)19)9-14(10)22(20,21)16-15-11(2)5-4-6-12(15)3/h4-9,16H,1-3H3. The molecule has 1 N–H and O–H groups in total. The first kappa shape index (κ1) is 16.0. The van der Waals surface area contributed by atoms with Crippen LogP contribution in [-0.4, -0.2) is 13.3 Å². The van der Waals surface area contributed by atoms with E-state index in [-0.39, 0.29) is 10.6 Å². The van der Waals surface area contributed by atoms with Gasteiger partial charge in [-0.2, -0.15) is 0 Å². The lowest BCUT2D eigenvalue weighted by atomic mass is 10.1. The number of aryl methyl sites for hydroxylation is 3. The second-order valence-corrected chi connectivity index (χ2v) is 6.73. The SMILES string of the molecule is Cc1ccc([N+](=O)[O-])cc1S(=O)(=O)Nc1c(C)cccc1C. The highest BCUT2D eigenvalue weighted by atomic mass is 32.2. The minimum absolute atomic E-state index is 0.0932. The summed E-state index contributed by atoms with van der Waals surface area (Å²) in [5, 5.41) is 10.8. The molecule has 0 unspecified atom stereocenters. The van der Waals surface area contributed by atoms with E-state index in [1.807, 2.05) is 6.07 Å². The maximum atomic E-state index is 12.6. The van der Waals surface area contributed by atoms with Crippen molar-refractivity contribution in [3.63, 3.8) is 0 Å². The Bertz CT molecular complexity index is 824. The van der Waals surface area contributed by atoms with Crippen molar-refractivity contribution in [3.8, 4) is 0 Å². The van der Waals surface area contributed by atoms with Crippen LogP contribution >= 0.6 is 0 Å². The Morgan fingerprint density at radius 3 is 2.14 bits per heavy atom. The molecule has 0 aliphatic rings. The van der Waals surface area contributed by atoms with Crippen LogP contribution in [0.1, 0.15) is 16.7 Å². The molecule has 0 heterocycles. The summed E-state index contributed by atoms with van der Waals surface area (Å²) in [5.41, 5.74) is 2.25. The number of nitro groups is 1. The Morgan fingerprint density at radius 2 is 1.59 bits per heavy atom. The van der Waals surface area contributed by atoms with E-state index in [9.17, 15) is 18.5 Å². The molecule has 0 fully saturated rings. The van der Waals surface area contributed by atoms with Crippen molar-refractivity contribution in [1.82, 2.24) is 0 Å². The molecule has 0 amide bonds. The number of hydrogen-bond acceptors (Lipinski definition) is 4. The zero-order valence-electron chi connectivity index (χ0n) is 12.5. The summed E-state index contributed by atoms with van der Waals surface area (Å²) in [6, 6.07) is 9.22. The zero-order valence-corrected chi connectivity index (χ0v) is 13.3. The first-order valence-electron chi connectivity index (χ1n) is 6.56. The van der Waals surface area contributed by atoms with E-state index in [2.05, 4.69) is 4.72 Å². The molecule has 2 rings (SSSR count). The highest BCUT2D eigenvalue weighted by molar-refractivity contribution is 7.92. The number of para-hydroxylation sites is 1. The van der Waals surface area contributed by atoms with Crippen molar-refractivity contribution >= 4 is 21.4 Å². The van der Waals surface area contributed by atoms with Crippen molar-refractivity contribution in [2.45, 2.75) is 25.7 Å². The molecule has 0 aromatic heterocycles. The Balaban J connectivity index is 2.52. The number of hydrogen-bond donors (Lipinski definition) is 1. The van der Waals surface area contributed by atoms with Gasteiger partial charge in [-0.1, -0.05) is 24.3 Å². The van der Waals surface area contributed by atoms with Crippen LogP contribution in [0.5, 0.6) is 0 Å². The number of sulfonamides is 1. The molecule has 2 aromatic rings. The quantitative estimate of drug-likeness (QED) is 0.691. The normalized spacial score (nSPS) is 11.2. The van der Waals surface area contributed by atoms with Gasteiger partial charge in [0.25, 0.3) is 15.7 Å². The third-order valence-electron chi connectivity index (χ3n) is 3.39. The van der Waals surface area contributed by atoms with Gasteiger partial charge in [0.1, 0.15) is 0 Å². The summed E-state index contributed by atoms with van der Waals surface area (Å²) in [7, 11) is -3.90. The predicted molar refractivity (Wildman–Crippen MR) is 84.6 cm³/mol. The van der Waals surface area contributed by atoms with Crippen LogP contribution in [0.2, 0.25) is 0 Å². The number of benzene rings is 2. The van der Waals surface area contributed by atoms with Crippen molar-refractivity contribution < 1.29 is 13.3 Å². The molecular weight excluding hydrogens is 304 g/mol. The van der Waals surface area contributed by atoms with Gasteiger partial charge in [-0.3, -0.25) is 14.8 Å². The van der Waals surface area contributed by atoms with Crippen LogP contribution in [0, 0.1) is 30.9 Å². The van der Waals surface area contributed by atoms with Gasteiger partial charge in [0.2, 0.25) is 0 Å². The zero-order chi connectivity index (χ0) is 16.5. The third-order valence-corrected chi connectivity index (χ3v) is 4.88. The molecule has 6 nitrogen and oxygen atoms in total. The number of anilines is 1. The Morgan fingerprint density at radius 1 is 1.00 bits per heavy atom. The minimum Gasteiger partial charge on any atom is -0.279 e. The van der Waals surface area contributed by atoms with Gasteiger partial charge in [0.05, 0.1) is 15.5 Å². The van der Waals surface area contributed by atoms with Gasteiger partial charge in [-0.15, -0.1) is 0 Å². The molecule has 0 aliphatic carbocycles. The van der Waals surface area contributed by atoms with Crippen molar-refractivity contribution in [2.75, 3.05) is 4.72 Å². The largest absolute Gasteiger partial charge is 0.279 e. The first-order valence-corrected chi connectivity index (χ1v) is 8.05. The molecule has 2 aromatic carbocycles. The molecule has 0 saturated carbocycles. The van der Waals surface area contributed by atoms with E-state index in [0.717, 1.165) is 17.2 Å². The molecule has 0 atom stereocenters. The fourth-order valence-corrected chi connectivity index (χ4v) is 3.63. The summed E-state index contributed by atoms with van der Waals surface area (Å²) in [5.74, 6) is 0. The van der Waals surface area contributed by atoms with E-state index >= 15 is 0 Å². The van der Waals surface area contributed by atoms with Crippen LogP contribution in [0.25, 0.3) is 0 Å². The highest BCUT2D eigenvalue weighted by Gasteiger charge is 2.21. The number of nitrogens with one attached hydrogen (secondary N) is 1. The fraction of sp³-hybridized carbons (Fsp3) is 0.200. The van der Waals surface area contributed by atoms with Crippen LogP contribution in [-0.2, 0) is 10.0 Å². The third kappa shape index (κ3) is 3.09. The molecule has 116 valence electrons. The lowest BCUT2D eigenvalue weighted by molar-refractivity contribution is -0.385. The lowest BCUT2D eigenvalue weighted by Gasteiger charge is -2.14. The Kier molecular flexibility index (Phi) is 4.18. The topological polar surface area (TPSA) is 89.3 Å². The number of nitrogens with zero attached hydrogens (tertiary/aromatic N) is 1. The minimum atomic E-state index is -3.90. The van der Waals surface area contributed by atoms with Crippen LogP contribution < -0.4 is 4.72 Å². The lowest BCUT2D eigenvalue weighted by Crippen LogP contribution is -2.16. The summed E-state index contributed by atoms with van der Waals surface area (Å²) < 4.78 is 27.7. The second kappa shape index (κ2) is 5.76. The molecule has 0 radical (unpaired) electrons. The molecule has 0 spiro atoms. The number of non-ortho nitro benzene ring substituents is 1. The van der Waals surface area contributed by atoms with Crippen molar-refractivity contribution in [2.24, 2.45) is 0 Å². The fourth-order valence-electron chi connectivity index (χ4n) is 2.16. The summed E-state index contributed by atoms with van der Waals surface area (Å²) >= 11 is 0. The maximum absolute atomic E-state index is 12.6. The first-order chi connectivity index (χ1) is 10.2. The van der Waals surface area contributed by atoms with E-state index in [0.29, 0.717) is 11.3 Å². The molecule has 0 saturated heterocycles. The average Bonchev–Trinajstić information content (AvgIpc) is 2.43. The van der Waals surface area contributed by atoms with Gasteiger partial charge in [0, 0.05) is 12.1 Å². The molecule has 0 aliphatic heterocycles. The summed E-state index contributed by atoms with van der Waals surface area (Å²) in [4.78, 5) is 10.1. The Labute approximate surface area is 129 Å². The van der Waals surface area contributed by atoms with Crippen molar-refractivity contribution in [3.05, 3.63) is 63.2 Å². The highest BCUT2D eigenvalue weighted by Crippen LogP contribution is 2.27. The Hall–Kier alpha value is -2.41.